The number of ether oxygens (including phenoxy) is 4. The summed E-state index contributed by atoms with van der Waals surface area (Å²) in [5.41, 5.74) is 0.275. The van der Waals surface area contributed by atoms with Gasteiger partial charge in [0.15, 0.2) is 17.6 Å². The minimum atomic E-state index is -0.908. The summed E-state index contributed by atoms with van der Waals surface area (Å²) in [6, 6.07) is 8.14. The molecule has 0 fully saturated rings. The van der Waals surface area contributed by atoms with Crippen molar-refractivity contribution >= 4 is 17.6 Å². The predicted octanol–water partition coefficient (Wildman–Crippen LogP) is 3.04. The minimum Gasteiger partial charge on any atom is -0.493 e. The number of carbonyl (C=O) groups excluding carboxylic acids is 2. The van der Waals surface area contributed by atoms with E-state index in [0.29, 0.717) is 17.2 Å². The lowest BCUT2D eigenvalue weighted by atomic mass is 10.1. The standard InChI is InChI=1S/C19H20FNO6/c1-11(27-13-7-5-12(20)6-8-13)18(22)21-15-10-17(25-3)16(24-2)9-14(15)19(23)26-4/h5-11H,1-4H3,(H,21,22). The number of benzene rings is 2. The van der Waals surface area contributed by atoms with Crippen molar-refractivity contribution in [3.05, 3.63) is 47.8 Å². The van der Waals surface area contributed by atoms with Crippen molar-refractivity contribution < 1.29 is 32.9 Å². The van der Waals surface area contributed by atoms with E-state index in [9.17, 15) is 14.0 Å². The fraction of sp³-hybridized carbons (Fsp3) is 0.263. The largest absolute Gasteiger partial charge is 0.493 e. The molecule has 1 amide bonds. The summed E-state index contributed by atoms with van der Waals surface area (Å²) in [6.45, 7) is 1.53. The van der Waals surface area contributed by atoms with Gasteiger partial charge in [-0.2, -0.15) is 0 Å². The van der Waals surface area contributed by atoms with Gasteiger partial charge in [-0.3, -0.25) is 4.79 Å². The van der Waals surface area contributed by atoms with E-state index in [2.05, 4.69) is 5.32 Å². The lowest BCUT2D eigenvalue weighted by Gasteiger charge is -2.17. The Bertz CT molecular complexity index is 822. The van der Waals surface area contributed by atoms with E-state index >= 15 is 0 Å². The van der Waals surface area contributed by atoms with E-state index in [-0.39, 0.29) is 11.3 Å². The summed E-state index contributed by atoms with van der Waals surface area (Å²) in [4.78, 5) is 24.5. The van der Waals surface area contributed by atoms with E-state index in [1.807, 2.05) is 0 Å². The zero-order chi connectivity index (χ0) is 20.0. The van der Waals surface area contributed by atoms with Crippen LogP contribution in [0.15, 0.2) is 36.4 Å². The van der Waals surface area contributed by atoms with Crippen LogP contribution in [0, 0.1) is 5.82 Å². The summed E-state index contributed by atoms with van der Waals surface area (Å²) in [7, 11) is 4.09. The third-order valence-electron chi connectivity index (χ3n) is 3.68. The second-order valence-electron chi connectivity index (χ2n) is 5.45. The Balaban J connectivity index is 2.24. The topological polar surface area (TPSA) is 83.1 Å². The van der Waals surface area contributed by atoms with Crippen LogP contribution < -0.4 is 19.5 Å². The van der Waals surface area contributed by atoms with Gasteiger partial charge in [0.25, 0.3) is 5.91 Å². The Labute approximate surface area is 156 Å². The molecule has 0 heterocycles. The van der Waals surface area contributed by atoms with Gasteiger partial charge in [0.05, 0.1) is 32.6 Å². The van der Waals surface area contributed by atoms with Gasteiger partial charge in [-0.15, -0.1) is 0 Å². The summed E-state index contributed by atoms with van der Waals surface area (Å²) in [5.74, 6) is -0.610. The highest BCUT2D eigenvalue weighted by molar-refractivity contribution is 6.03. The predicted molar refractivity (Wildman–Crippen MR) is 96.0 cm³/mol. The van der Waals surface area contributed by atoms with Crippen LogP contribution in [0.4, 0.5) is 10.1 Å². The molecule has 2 rings (SSSR count). The van der Waals surface area contributed by atoms with Gasteiger partial charge in [0, 0.05) is 12.1 Å². The molecule has 2 aromatic rings. The van der Waals surface area contributed by atoms with E-state index < -0.39 is 23.8 Å². The highest BCUT2D eigenvalue weighted by Crippen LogP contribution is 2.34. The molecule has 27 heavy (non-hydrogen) atoms. The van der Waals surface area contributed by atoms with Gasteiger partial charge in [-0.25, -0.2) is 9.18 Å². The van der Waals surface area contributed by atoms with Crippen LogP contribution in [0.2, 0.25) is 0 Å². The van der Waals surface area contributed by atoms with Gasteiger partial charge in [-0.05, 0) is 31.2 Å². The molecule has 0 aliphatic heterocycles. The number of esters is 1. The summed E-state index contributed by atoms with van der Waals surface area (Å²) in [6.07, 6.45) is -0.908. The van der Waals surface area contributed by atoms with E-state index in [1.165, 1.54) is 64.7 Å². The second-order valence-corrected chi connectivity index (χ2v) is 5.45. The van der Waals surface area contributed by atoms with Crippen LogP contribution in [-0.4, -0.2) is 39.3 Å². The van der Waals surface area contributed by atoms with Gasteiger partial charge >= 0.3 is 5.97 Å². The number of carbonyl (C=O) groups is 2. The fourth-order valence-corrected chi connectivity index (χ4v) is 2.27. The third-order valence-corrected chi connectivity index (χ3v) is 3.68. The van der Waals surface area contributed by atoms with Crippen molar-refractivity contribution in [3.8, 4) is 17.2 Å². The second kappa shape index (κ2) is 8.88. The van der Waals surface area contributed by atoms with Crippen LogP contribution in [0.3, 0.4) is 0 Å². The number of hydrogen-bond donors (Lipinski definition) is 1. The molecule has 2 aromatic carbocycles. The lowest BCUT2D eigenvalue weighted by Crippen LogP contribution is -2.30. The summed E-state index contributed by atoms with van der Waals surface area (Å²) < 4.78 is 33.5. The van der Waals surface area contributed by atoms with Crippen molar-refractivity contribution in [1.82, 2.24) is 0 Å². The smallest absolute Gasteiger partial charge is 0.340 e. The maximum absolute atomic E-state index is 13.0. The first-order chi connectivity index (χ1) is 12.9. The highest BCUT2D eigenvalue weighted by atomic mass is 19.1. The molecule has 1 unspecified atom stereocenters. The van der Waals surface area contributed by atoms with E-state index in [1.54, 1.807) is 0 Å². The van der Waals surface area contributed by atoms with Gasteiger partial charge in [-0.1, -0.05) is 0 Å². The van der Waals surface area contributed by atoms with E-state index in [0.717, 1.165) is 0 Å². The maximum Gasteiger partial charge on any atom is 0.340 e. The number of methoxy groups -OCH3 is 3. The Hall–Kier alpha value is -3.29. The van der Waals surface area contributed by atoms with Crippen molar-refractivity contribution in [2.24, 2.45) is 0 Å². The average Bonchev–Trinajstić information content (AvgIpc) is 2.68. The van der Waals surface area contributed by atoms with Crippen molar-refractivity contribution in [3.63, 3.8) is 0 Å². The van der Waals surface area contributed by atoms with Crippen molar-refractivity contribution in [1.29, 1.82) is 0 Å². The Morgan fingerprint density at radius 1 is 1.00 bits per heavy atom. The van der Waals surface area contributed by atoms with Crippen LogP contribution in [0.25, 0.3) is 0 Å². The molecule has 144 valence electrons. The molecule has 0 saturated heterocycles. The number of hydrogen-bond acceptors (Lipinski definition) is 6. The number of halogens is 1. The van der Waals surface area contributed by atoms with Crippen LogP contribution in [-0.2, 0) is 9.53 Å². The monoisotopic (exact) mass is 377 g/mol. The number of anilines is 1. The molecule has 0 aromatic heterocycles. The van der Waals surface area contributed by atoms with Crippen molar-refractivity contribution in [2.45, 2.75) is 13.0 Å². The maximum atomic E-state index is 13.0. The van der Waals surface area contributed by atoms with Gasteiger partial charge in [0.2, 0.25) is 0 Å². The first-order valence-corrected chi connectivity index (χ1v) is 7.97. The van der Waals surface area contributed by atoms with Gasteiger partial charge < -0.3 is 24.3 Å². The SMILES string of the molecule is COC(=O)c1cc(OC)c(OC)cc1NC(=O)C(C)Oc1ccc(F)cc1. The number of rotatable bonds is 7. The Morgan fingerprint density at radius 2 is 1.59 bits per heavy atom. The highest BCUT2D eigenvalue weighted by Gasteiger charge is 2.22. The molecular weight excluding hydrogens is 357 g/mol. The van der Waals surface area contributed by atoms with Crippen LogP contribution in [0.5, 0.6) is 17.2 Å². The zero-order valence-corrected chi connectivity index (χ0v) is 15.4. The molecule has 0 bridgehead atoms. The Morgan fingerprint density at radius 3 is 2.15 bits per heavy atom. The molecule has 1 atom stereocenters. The summed E-state index contributed by atoms with van der Waals surface area (Å²) >= 11 is 0. The normalized spacial score (nSPS) is 11.3. The lowest BCUT2D eigenvalue weighted by molar-refractivity contribution is -0.122. The fourth-order valence-electron chi connectivity index (χ4n) is 2.27. The zero-order valence-electron chi connectivity index (χ0n) is 15.4. The first-order valence-electron chi connectivity index (χ1n) is 7.97. The Kier molecular flexibility index (Phi) is 6.59. The molecule has 0 radical (unpaired) electrons. The summed E-state index contributed by atoms with van der Waals surface area (Å²) in [5, 5.41) is 2.61. The number of nitrogens with one attached hydrogen (secondary N) is 1. The van der Waals surface area contributed by atoms with Crippen LogP contribution in [0.1, 0.15) is 17.3 Å². The quantitative estimate of drug-likeness (QED) is 0.747. The molecule has 0 saturated carbocycles. The number of amides is 1. The molecule has 0 spiro atoms. The van der Waals surface area contributed by atoms with Crippen molar-refractivity contribution in [2.75, 3.05) is 26.6 Å². The van der Waals surface area contributed by atoms with Crippen LogP contribution >= 0.6 is 0 Å². The molecular formula is C19H20FNO6. The van der Waals surface area contributed by atoms with E-state index in [4.69, 9.17) is 18.9 Å². The first kappa shape index (κ1) is 20.0. The minimum absolute atomic E-state index is 0.0949. The van der Waals surface area contributed by atoms with Gasteiger partial charge in [0.1, 0.15) is 11.6 Å². The average molecular weight is 377 g/mol. The third kappa shape index (κ3) is 4.87. The molecule has 0 aliphatic rings. The molecule has 0 aliphatic carbocycles. The molecule has 7 nitrogen and oxygen atoms in total. The molecule has 1 N–H and O–H groups in total. The molecule has 8 heteroatoms.